The van der Waals surface area contributed by atoms with E-state index in [1.165, 1.54) is 87.2 Å². The number of rotatable bonds is 6. The molecule has 0 saturated heterocycles. The SMILES string of the molecule is CC1(C)c2cc3c(cc2N(c2ccccc2)c2ccc4cc(C=C5C(=O)c6cc7ccccc7cc6C5=O)ccc4c21)oc1ccccc13.CC1(C)c2cc3c(cc2N(c2ccccc2)c2ccc4cc(C=C5C(=O)c6cc7ccccc7cc6C5=O)ccc4c21)sc1ccccc13.CC1(C)c2ccccc2-c2cc3c(cc21)N(c1ccccc1)c1ccc2cc(C=C4C(=O)c5cc6ccccc6cc5C4=O)ccc2c1C3(C)C. The van der Waals surface area contributed by atoms with Crippen LogP contribution in [0.5, 0.6) is 0 Å². The molecule has 23 aromatic rings. The Balaban J connectivity index is 0.000000108. The molecule has 0 N–H and O–H groups in total. The highest BCUT2D eigenvalue weighted by Gasteiger charge is 2.47. The fourth-order valence-electron chi connectivity index (χ4n) is 25.4. The summed E-state index contributed by atoms with van der Waals surface area (Å²) in [6.07, 6.45) is 5.29. The minimum absolute atomic E-state index is 0.112. The fraction of sp³-hybridized carbons (Fsp3) is 0.0870. The molecule has 21 aromatic carbocycles. The summed E-state index contributed by atoms with van der Waals surface area (Å²) in [7, 11) is 0. The number of furan rings is 1. The maximum absolute atomic E-state index is 13.6. The van der Waals surface area contributed by atoms with Crippen LogP contribution in [-0.2, 0) is 21.7 Å². The minimum atomic E-state index is -0.358. The number of thiophene rings is 1. The molecular weight excluding hydrogens is 1840 g/mol. The van der Waals surface area contributed by atoms with Crippen LogP contribution in [0.25, 0.3) is 136 Å². The second kappa shape index (κ2) is 32.7. The summed E-state index contributed by atoms with van der Waals surface area (Å²) in [6.45, 7) is 18.6. The van der Waals surface area contributed by atoms with Gasteiger partial charge in [0, 0.05) is 109 Å². The smallest absolute Gasteiger partial charge is 0.197 e. The molecule has 11 heteroatoms. The third kappa shape index (κ3) is 13.4. The van der Waals surface area contributed by atoms with Gasteiger partial charge in [0.2, 0.25) is 0 Å². The van der Waals surface area contributed by atoms with Gasteiger partial charge in [0.25, 0.3) is 0 Å². The Morgan fingerprint density at radius 3 is 0.953 bits per heavy atom. The normalized spacial score (nSPS) is 15.3. The van der Waals surface area contributed by atoms with Gasteiger partial charge in [-0.2, -0.15) is 0 Å². The summed E-state index contributed by atoms with van der Waals surface area (Å²) in [5.41, 5.74) is 29.8. The van der Waals surface area contributed by atoms with Crippen LogP contribution >= 0.6 is 11.3 Å². The number of hydrogen-bond acceptors (Lipinski definition) is 11. The average Bonchev–Trinajstić information content (AvgIpc) is 0.837. The van der Waals surface area contributed by atoms with Gasteiger partial charge >= 0.3 is 0 Å². The van der Waals surface area contributed by atoms with Crippen molar-refractivity contribution in [1.82, 2.24) is 0 Å². The number of benzene rings is 21. The van der Waals surface area contributed by atoms with E-state index in [1.54, 1.807) is 18.2 Å². The third-order valence-corrected chi connectivity index (χ3v) is 33.8. The van der Waals surface area contributed by atoms with Crippen molar-refractivity contribution in [1.29, 1.82) is 0 Å². The summed E-state index contributed by atoms with van der Waals surface area (Å²) in [5.74, 6) is -1.27. The molecule has 30 rings (SSSR count). The molecule has 10 nitrogen and oxygen atoms in total. The van der Waals surface area contributed by atoms with Crippen molar-refractivity contribution in [2.45, 2.75) is 77.0 Å². The number of Topliss-reactive ketones (excluding diaryl/α,β-unsaturated/α-hetero) is 6. The number of carbonyl (C=O) groups is 6. The van der Waals surface area contributed by atoms with Gasteiger partial charge in [-0.25, -0.2) is 0 Å². The third-order valence-electron chi connectivity index (χ3n) is 32.7. The van der Waals surface area contributed by atoms with E-state index >= 15 is 0 Å². The summed E-state index contributed by atoms with van der Waals surface area (Å²) >= 11 is 1.85. The molecule has 0 saturated carbocycles. The van der Waals surface area contributed by atoms with Crippen molar-refractivity contribution in [2.75, 3.05) is 14.7 Å². The van der Waals surface area contributed by atoms with Crippen LogP contribution in [0.4, 0.5) is 51.2 Å². The molecule has 0 unspecified atom stereocenters. The zero-order valence-corrected chi connectivity index (χ0v) is 83.8. The van der Waals surface area contributed by atoms with E-state index in [9.17, 15) is 28.8 Å². The Hall–Kier alpha value is -18.2. The van der Waals surface area contributed by atoms with Gasteiger partial charge in [-0.3, -0.25) is 28.8 Å². The van der Waals surface area contributed by atoms with Gasteiger partial charge in [-0.15, -0.1) is 11.3 Å². The van der Waals surface area contributed by atoms with Crippen molar-refractivity contribution >= 4 is 222 Å². The van der Waals surface area contributed by atoms with E-state index in [4.69, 9.17) is 4.42 Å². The molecule has 3 aliphatic heterocycles. The number of carbonyl (C=O) groups excluding carboxylic acids is 6. The average molecular weight is 1940 g/mol. The molecule has 0 bridgehead atoms. The first-order valence-electron chi connectivity index (χ1n) is 50.9. The lowest BCUT2D eigenvalue weighted by Crippen LogP contribution is -2.31. The molecule has 0 fully saturated rings. The Labute approximate surface area is 863 Å². The zero-order chi connectivity index (χ0) is 101. The van der Waals surface area contributed by atoms with Crippen molar-refractivity contribution in [2.24, 2.45) is 0 Å². The molecule has 0 amide bonds. The number of ketones is 6. The van der Waals surface area contributed by atoms with Gasteiger partial charge in [0.1, 0.15) is 11.2 Å². The van der Waals surface area contributed by atoms with E-state index < -0.39 is 0 Å². The summed E-state index contributed by atoms with van der Waals surface area (Å²) in [4.78, 5) is 88.5. The van der Waals surface area contributed by atoms with E-state index in [1.807, 2.05) is 151 Å². The largest absolute Gasteiger partial charge is 0.456 e. The second-order valence-electron chi connectivity index (χ2n) is 42.6. The van der Waals surface area contributed by atoms with Crippen LogP contribution < -0.4 is 14.7 Å². The molecule has 0 atom stereocenters. The van der Waals surface area contributed by atoms with Crippen LogP contribution in [0.15, 0.2) is 422 Å². The van der Waals surface area contributed by atoms with Crippen molar-refractivity contribution in [3.05, 3.63) is 512 Å². The maximum Gasteiger partial charge on any atom is 0.197 e. The number of nitrogens with zero attached hydrogens (tertiary/aromatic N) is 3. The standard InChI is InChI=1S/C48H35NO2.C45H29NO3.C45H29NO2S/c1-47(2)39-17-11-10-16-34(39)35-26-41-43(27-40(35)47)49(32-14-6-5-7-15-32)42-21-19-31-22-28(18-20-33(31)44(42)48(41,3)4)23-38-45(50)36-24-29-12-8-9-13-30(29)25-37(36)46(38)51;2*1-45(2)37-24-33-32-14-8-9-15-40(32)49-41(33)25-39(37)46(30-12-4-3-5-13-30)38-19-17-29-20-26(16-18-31(29)42(38)45)21-36-43(47)34-22-27-10-6-7-11-28(27)23-35(34)44(36)48/h5-27H,1-4H3;2*3-25H,1-2H3. The van der Waals surface area contributed by atoms with Crippen molar-refractivity contribution in [3.8, 4) is 11.1 Å². The molecule has 4 aliphatic carbocycles. The molecule has 149 heavy (non-hydrogen) atoms. The van der Waals surface area contributed by atoms with Crippen LogP contribution in [0, 0.1) is 0 Å². The van der Waals surface area contributed by atoms with E-state index in [-0.39, 0.29) is 73.1 Å². The minimum Gasteiger partial charge on any atom is -0.456 e. The molecule has 5 heterocycles. The lowest BCUT2D eigenvalue weighted by Gasteiger charge is -2.43. The maximum atomic E-state index is 13.6. The molecule has 708 valence electrons. The van der Waals surface area contributed by atoms with E-state index in [0.29, 0.717) is 33.4 Å². The Kier molecular flexibility index (Phi) is 19.4. The quantitative estimate of drug-likeness (QED) is 0.117. The summed E-state index contributed by atoms with van der Waals surface area (Å²) in [6, 6.07) is 138. The summed E-state index contributed by atoms with van der Waals surface area (Å²) < 4.78 is 8.95. The molecule has 0 radical (unpaired) electrons. The molecular formula is C138H93N3O7S. The fourth-order valence-corrected chi connectivity index (χ4v) is 26.5. The van der Waals surface area contributed by atoms with E-state index in [0.717, 1.165) is 143 Å². The topological polar surface area (TPSA) is 125 Å². The Bertz CT molecular complexity index is 9570. The number of anilines is 9. The lowest BCUT2D eigenvalue weighted by atomic mass is 9.70. The number of allylic oxidation sites excluding steroid dienone is 3. The van der Waals surface area contributed by atoms with Crippen LogP contribution in [0.2, 0.25) is 0 Å². The zero-order valence-electron chi connectivity index (χ0n) is 82.9. The van der Waals surface area contributed by atoms with Crippen LogP contribution in [0.3, 0.4) is 0 Å². The molecule has 7 aliphatic rings. The van der Waals surface area contributed by atoms with Gasteiger partial charge in [0.05, 0.1) is 50.8 Å². The first-order chi connectivity index (χ1) is 72.4. The van der Waals surface area contributed by atoms with Crippen LogP contribution in [-0.4, -0.2) is 34.7 Å². The molecule has 2 aromatic heterocycles. The monoisotopic (exact) mass is 1940 g/mol. The van der Waals surface area contributed by atoms with Gasteiger partial charge in [-0.05, 0) is 307 Å². The highest BCUT2D eigenvalue weighted by atomic mass is 32.1. The highest BCUT2D eigenvalue weighted by Crippen LogP contribution is 2.62. The predicted molar refractivity (Wildman–Crippen MR) is 612 cm³/mol. The van der Waals surface area contributed by atoms with E-state index in [2.05, 4.69) is 331 Å². The number of fused-ring (bicyclic) bond motifs is 27. The van der Waals surface area contributed by atoms with Gasteiger partial charge < -0.3 is 19.1 Å². The summed E-state index contributed by atoms with van der Waals surface area (Å²) in [5, 5.41) is 17.2. The second-order valence-corrected chi connectivity index (χ2v) is 43.7. The van der Waals surface area contributed by atoms with Gasteiger partial charge in [-0.1, -0.05) is 298 Å². The van der Waals surface area contributed by atoms with Gasteiger partial charge in [0.15, 0.2) is 34.7 Å². The predicted octanol–water partition coefficient (Wildman–Crippen LogP) is 35.3. The van der Waals surface area contributed by atoms with Crippen molar-refractivity contribution < 1.29 is 33.2 Å². The first kappa shape index (κ1) is 88.5. The first-order valence-corrected chi connectivity index (χ1v) is 51.7. The van der Waals surface area contributed by atoms with Crippen molar-refractivity contribution in [3.63, 3.8) is 0 Å². The number of para-hydroxylation sites is 4. The molecule has 0 spiro atoms. The highest BCUT2D eigenvalue weighted by molar-refractivity contribution is 7.25. The number of hydrogen-bond donors (Lipinski definition) is 0. The lowest BCUT2D eigenvalue weighted by molar-refractivity contribution is 0.0975. The Morgan fingerprint density at radius 1 is 0.208 bits per heavy atom. The Morgan fingerprint density at radius 2 is 0.544 bits per heavy atom. The van der Waals surface area contributed by atoms with Crippen LogP contribution in [0.1, 0.15) is 179 Å².